The molecule has 0 unspecified atom stereocenters. The number of nitrogens with one attached hydrogen (secondary N) is 2. The topological polar surface area (TPSA) is 104 Å². The number of aromatic nitrogens is 2. The van der Waals surface area contributed by atoms with E-state index in [2.05, 4.69) is 15.5 Å². The van der Waals surface area contributed by atoms with Gasteiger partial charge in [0, 0.05) is 0 Å². The Balaban J connectivity index is 2.04. The molecular formula is C13H13N5O2. The van der Waals surface area contributed by atoms with Crippen molar-refractivity contribution in [2.75, 3.05) is 22.5 Å². The van der Waals surface area contributed by atoms with Crippen molar-refractivity contribution in [3.63, 3.8) is 0 Å². The van der Waals surface area contributed by atoms with Crippen LogP contribution in [-0.2, 0) is 4.79 Å². The Labute approximate surface area is 114 Å². The number of benzene rings is 1. The minimum Gasteiger partial charge on any atom is -0.395 e. The smallest absolute Gasteiger partial charge is 0.281 e. The quantitative estimate of drug-likeness (QED) is 0.716. The van der Waals surface area contributed by atoms with E-state index in [1.165, 1.54) is 4.90 Å². The minimum absolute atomic E-state index is 0.0544. The molecule has 102 valence electrons. The normalized spacial score (nSPS) is 13.8. The molecule has 1 aliphatic rings. The number of aryl methyl sites for hydroxylation is 1. The second-order valence-corrected chi connectivity index (χ2v) is 4.57. The summed E-state index contributed by atoms with van der Waals surface area (Å²) < 4.78 is 0. The van der Waals surface area contributed by atoms with E-state index >= 15 is 0 Å². The van der Waals surface area contributed by atoms with Gasteiger partial charge in [0.25, 0.3) is 5.91 Å². The Hall–Kier alpha value is -2.83. The minimum atomic E-state index is -0.394. The van der Waals surface area contributed by atoms with Crippen LogP contribution in [0.5, 0.6) is 0 Å². The van der Waals surface area contributed by atoms with Crippen molar-refractivity contribution < 1.29 is 9.59 Å². The van der Waals surface area contributed by atoms with Gasteiger partial charge in [0.15, 0.2) is 5.69 Å². The molecule has 2 amide bonds. The standard InChI is InChI=1S/C13H13N5O2/c1-7-11(14)12(17-16-7)13(20)18-6-10(19)15-8-4-2-3-5-9(8)18/h2-5H,6,14H2,1H3,(H,15,19)(H,16,17). The Morgan fingerprint density at radius 2 is 2.15 bits per heavy atom. The lowest BCUT2D eigenvalue weighted by molar-refractivity contribution is -0.115. The van der Waals surface area contributed by atoms with Crippen LogP contribution in [-0.4, -0.2) is 28.6 Å². The maximum atomic E-state index is 12.5. The fourth-order valence-electron chi connectivity index (χ4n) is 2.14. The number of hydrogen-bond donors (Lipinski definition) is 3. The molecule has 0 spiro atoms. The number of carbonyl (C=O) groups excluding carboxylic acids is 2. The SMILES string of the molecule is Cc1[nH]nc(C(=O)N2CC(=O)Nc3ccccc32)c1N. The molecule has 0 radical (unpaired) electrons. The van der Waals surface area contributed by atoms with Crippen molar-refractivity contribution >= 4 is 28.9 Å². The third kappa shape index (κ3) is 1.80. The second-order valence-electron chi connectivity index (χ2n) is 4.57. The molecule has 3 rings (SSSR count). The summed E-state index contributed by atoms with van der Waals surface area (Å²) in [5.41, 5.74) is 8.12. The average molecular weight is 271 g/mol. The molecule has 0 saturated heterocycles. The van der Waals surface area contributed by atoms with Gasteiger partial charge in [-0.3, -0.25) is 19.6 Å². The molecule has 7 heteroatoms. The van der Waals surface area contributed by atoms with Crippen LogP contribution in [0.3, 0.4) is 0 Å². The third-order valence-electron chi connectivity index (χ3n) is 3.21. The molecule has 4 N–H and O–H groups in total. The monoisotopic (exact) mass is 271 g/mol. The lowest BCUT2D eigenvalue weighted by Crippen LogP contribution is -2.42. The predicted octanol–water partition coefficient (Wildman–Crippen LogP) is 0.899. The summed E-state index contributed by atoms with van der Waals surface area (Å²) in [6, 6.07) is 7.10. The number of nitrogen functional groups attached to an aromatic ring is 1. The molecule has 0 aliphatic carbocycles. The second kappa shape index (κ2) is 4.37. The molecule has 0 fully saturated rings. The molecule has 0 atom stereocenters. The van der Waals surface area contributed by atoms with Gasteiger partial charge in [-0.15, -0.1) is 0 Å². The number of para-hydroxylation sites is 2. The fourth-order valence-corrected chi connectivity index (χ4v) is 2.14. The van der Waals surface area contributed by atoms with Crippen LogP contribution in [0.25, 0.3) is 0 Å². The summed E-state index contributed by atoms with van der Waals surface area (Å²) in [4.78, 5) is 25.6. The Kier molecular flexibility index (Phi) is 2.67. The number of fused-ring (bicyclic) bond motifs is 1. The van der Waals surface area contributed by atoms with Gasteiger partial charge in [-0.2, -0.15) is 5.10 Å². The fraction of sp³-hybridized carbons (Fsp3) is 0.154. The summed E-state index contributed by atoms with van der Waals surface area (Å²) in [5.74, 6) is -0.642. The number of nitrogens with zero attached hydrogens (tertiary/aromatic N) is 2. The lowest BCUT2D eigenvalue weighted by Gasteiger charge is -2.28. The number of rotatable bonds is 1. The van der Waals surface area contributed by atoms with E-state index < -0.39 is 5.91 Å². The van der Waals surface area contributed by atoms with Gasteiger partial charge >= 0.3 is 0 Å². The molecule has 1 aromatic heterocycles. The van der Waals surface area contributed by atoms with Crippen LogP contribution in [0.2, 0.25) is 0 Å². The summed E-state index contributed by atoms with van der Waals surface area (Å²) in [6.45, 7) is 1.68. The molecular weight excluding hydrogens is 258 g/mol. The summed E-state index contributed by atoms with van der Waals surface area (Å²) in [6.07, 6.45) is 0. The first-order chi connectivity index (χ1) is 9.58. The Morgan fingerprint density at radius 1 is 1.40 bits per heavy atom. The highest BCUT2D eigenvalue weighted by atomic mass is 16.2. The molecule has 1 aliphatic heterocycles. The largest absolute Gasteiger partial charge is 0.395 e. The first-order valence-corrected chi connectivity index (χ1v) is 6.09. The maximum absolute atomic E-state index is 12.5. The molecule has 20 heavy (non-hydrogen) atoms. The molecule has 2 heterocycles. The van der Waals surface area contributed by atoms with Crippen LogP contribution >= 0.6 is 0 Å². The molecule has 1 aromatic carbocycles. The Morgan fingerprint density at radius 3 is 2.85 bits per heavy atom. The van der Waals surface area contributed by atoms with E-state index in [9.17, 15) is 9.59 Å². The van der Waals surface area contributed by atoms with Crippen LogP contribution in [0.15, 0.2) is 24.3 Å². The lowest BCUT2D eigenvalue weighted by atomic mass is 10.1. The number of amides is 2. The highest BCUT2D eigenvalue weighted by molar-refractivity contribution is 6.16. The maximum Gasteiger partial charge on any atom is 0.281 e. The van der Waals surface area contributed by atoms with E-state index in [4.69, 9.17) is 5.73 Å². The van der Waals surface area contributed by atoms with E-state index in [0.717, 1.165) is 0 Å². The highest BCUT2D eigenvalue weighted by Gasteiger charge is 2.30. The van der Waals surface area contributed by atoms with Gasteiger partial charge in [-0.05, 0) is 19.1 Å². The Bertz CT molecular complexity index is 707. The zero-order valence-electron chi connectivity index (χ0n) is 10.8. The number of aromatic amines is 1. The van der Waals surface area contributed by atoms with Gasteiger partial charge in [-0.1, -0.05) is 12.1 Å². The number of nitrogens with two attached hydrogens (primary N) is 1. The first-order valence-electron chi connectivity index (χ1n) is 6.09. The number of anilines is 3. The van der Waals surface area contributed by atoms with Crippen LogP contribution in [0.1, 0.15) is 16.2 Å². The predicted molar refractivity (Wildman–Crippen MR) is 74.5 cm³/mol. The molecule has 7 nitrogen and oxygen atoms in total. The van der Waals surface area contributed by atoms with E-state index in [-0.39, 0.29) is 18.1 Å². The van der Waals surface area contributed by atoms with Crippen molar-refractivity contribution in [2.45, 2.75) is 6.92 Å². The van der Waals surface area contributed by atoms with Gasteiger partial charge in [0.1, 0.15) is 6.54 Å². The van der Waals surface area contributed by atoms with E-state index in [1.807, 2.05) is 0 Å². The third-order valence-corrected chi connectivity index (χ3v) is 3.21. The number of hydrogen-bond acceptors (Lipinski definition) is 4. The van der Waals surface area contributed by atoms with Crippen molar-refractivity contribution in [1.82, 2.24) is 10.2 Å². The van der Waals surface area contributed by atoms with Gasteiger partial charge in [-0.25, -0.2) is 0 Å². The average Bonchev–Trinajstić information content (AvgIpc) is 2.77. The zero-order valence-corrected chi connectivity index (χ0v) is 10.8. The summed E-state index contributed by atoms with van der Waals surface area (Å²) in [7, 11) is 0. The van der Waals surface area contributed by atoms with Crippen LogP contribution in [0, 0.1) is 6.92 Å². The van der Waals surface area contributed by atoms with Crippen molar-refractivity contribution in [2.24, 2.45) is 0 Å². The summed E-state index contributed by atoms with van der Waals surface area (Å²) >= 11 is 0. The number of carbonyl (C=O) groups is 2. The van der Waals surface area contributed by atoms with Crippen LogP contribution < -0.4 is 16.0 Å². The summed E-state index contributed by atoms with van der Waals surface area (Å²) in [5, 5.41) is 9.31. The van der Waals surface area contributed by atoms with E-state index in [1.54, 1.807) is 31.2 Å². The van der Waals surface area contributed by atoms with E-state index in [0.29, 0.717) is 22.8 Å². The zero-order chi connectivity index (χ0) is 14.3. The van der Waals surface area contributed by atoms with Crippen LogP contribution in [0.4, 0.5) is 17.1 Å². The van der Waals surface area contributed by atoms with Crippen molar-refractivity contribution in [3.05, 3.63) is 35.7 Å². The van der Waals surface area contributed by atoms with Gasteiger partial charge in [0.05, 0.1) is 22.8 Å². The molecule has 0 saturated carbocycles. The number of H-pyrrole nitrogens is 1. The van der Waals surface area contributed by atoms with Gasteiger partial charge in [0.2, 0.25) is 5.91 Å². The van der Waals surface area contributed by atoms with Crippen molar-refractivity contribution in [3.8, 4) is 0 Å². The first kappa shape index (κ1) is 12.2. The molecule has 0 bridgehead atoms. The van der Waals surface area contributed by atoms with Gasteiger partial charge < -0.3 is 11.1 Å². The molecule has 2 aromatic rings. The van der Waals surface area contributed by atoms with Crippen molar-refractivity contribution in [1.29, 1.82) is 0 Å². The highest BCUT2D eigenvalue weighted by Crippen LogP contribution is 2.30.